The molecule has 1 saturated carbocycles. The van der Waals surface area contributed by atoms with Crippen LogP contribution < -0.4 is 5.32 Å². The Morgan fingerprint density at radius 1 is 1.46 bits per heavy atom. The topological polar surface area (TPSA) is 38.3 Å². The van der Waals surface area contributed by atoms with Crippen LogP contribution in [0.25, 0.3) is 0 Å². The number of hydrogen-bond donors (Lipinski definition) is 1. The minimum atomic E-state index is -0.302. The molecule has 0 aromatic heterocycles. The largest absolute Gasteiger partial charge is 0.453 e. The van der Waals surface area contributed by atoms with Gasteiger partial charge in [-0.15, -0.1) is 0 Å². The average Bonchev–Trinajstić information content (AvgIpc) is 2.55. The summed E-state index contributed by atoms with van der Waals surface area (Å²) in [4.78, 5) is 10.8. The highest BCUT2D eigenvalue weighted by Crippen LogP contribution is 2.24. The molecule has 0 spiro atoms. The van der Waals surface area contributed by atoms with Gasteiger partial charge in [-0.25, -0.2) is 4.79 Å². The lowest BCUT2D eigenvalue weighted by atomic mass is 10.1. The third-order valence-corrected chi connectivity index (χ3v) is 2.35. The van der Waals surface area contributed by atoms with E-state index in [0.29, 0.717) is 12.0 Å². The second-order valence-corrected chi connectivity index (χ2v) is 3.15. The Kier molecular flexibility index (Phi) is 6.37. The molecule has 2 atom stereocenters. The first-order chi connectivity index (χ1) is 6.24. The molecule has 0 unspecified atom stereocenters. The summed E-state index contributed by atoms with van der Waals surface area (Å²) in [7, 11) is 1.40. The molecule has 1 fully saturated rings. The van der Waals surface area contributed by atoms with Crippen molar-refractivity contribution in [3.63, 3.8) is 0 Å². The van der Waals surface area contributed by atoms with Crippen LogP contribution in [0, 0.1) is 5.92 Å². The van der Waals surface area contributed by atoms with Crippen molar-refractivity contribution in [2.24, 2.45) is 5.92 Å². The fourth-order valence-electron chi connectivity index (χ4n) is 1.57. The highest BCUT2D eigenvalue weighted by molar-refractivity contribution is 5.67. The number of methoxy groups -OCH3 is 1. The summed E-state index contributed by atoms with van der Waals surface area (Å²) in [6.07, 6.45) is 3.23. The van der Waals surface area contributed by atoms with Gasteiger partial charge in [-0.05, 0) is 18.8 Å². The summed E-state index contributed by atoms with van der Waals surface area (Å²) in [5.74, 6) is 0.606. The zero-order valence-electron chi connectivity index (χ0n) is 9.09. The van der Waals surface area contributed by atoms with E-state index in [9.17, 15) is 4.79 Å². The van der Waals surface area contributed by atoms with Gasteiger partial charge in [0.2, 0.25) is 0 Å². The smallest absolute Gasteiger partial charge is 0.407 e. The summed E-state index contributed by atoms with van der Waals surface area (Å²) >= 11 is 0. The van der Waals surface area contributed by atoms with Crippen LogP contribution in [0.2, 0.25) is 0 Å². The van der Waals surface area contributed by atoms with E-state index in [1.807, 2.05) is 13.8 Å². The molecule has 3 heteroatoms. The van der Waals surface area contributed by atoms with Gasteiger partial charge in [-0.3, -0.25) is 0 Å². The standard InChI is InChI=1S/C8H15NO2.C2H6.H2/c1-6-4-3-5-7(6)9-8(10)11-2;1-2;/h6-7H,3-5H2,1-2H3,(H,9,10);1-2H3;1H/t6-,7-;;/m1../s1. The summed E-state index contributed by atoms with van der Waals surface area (Å²) in [6.45, 7) is 6.16. The monoisotopic (exact) mass is 189 g/mol. The molecule has 1 aliphatic rings. The molecule has 80 valence electrons. The van der Waals surface area contributed by atoms with E-state index < -0.39 is 0 Å². The van der Waals surface area contributed by atoms with Crippen LogP contribution in [0.1, 0.15) is 41.5 Å². The summed E-state index contributed by atoms with van der Waals surface area (Å²) < 4.78 is 4.51. The molecule has 1 amide bonds. The lowest BCUT2D eigenvalue weighted by Crippen LogP contribution is -2.36. The molecule has 0 radical (unpaired) electrons. The fraction of sp³-hybridized carbons (Fsp3) is 0.900. The fourth-order valence-corrected chi connectivity index (χ4v) is 1.57. The number of amides is 1. The van der Waals surface area contributed by atoms with E-state index in [0.717, 1.165) is 6.42 Å². The molecule has 3 nitrogen and oxygen atoms in total. The van der Waals surface area contributed by atoms with Crippen LogP contribution in [0.15, 0.2) is 0 Å². The number of hydrogen-bond acceptors (Lipinski definition) is 2. The predicted molar refractivity (Wildman–Crippen MR) is 55.8 cm³/mol. The van der Waals surface area contributed by atoms with Crippen molar-refractivity contribution in [2.45, 2.75) is 46.1 Å². The molecule has 0 aliphatic heterocycles. The summed E-state index contributed by atoms with van der Waals surface area (Å²) in [6, 6.07) is 0.336. The van der Waals surface area contributed by atoms with Gasteiger partial charge >= 0.3 is 6.09 Å². The van der Waals surface area contributed by atoms with Gasteiger partial charge in [0.25, 0.3) is 0 Å². The van der Waals surface area contributed by atoms with E-state index in [2.05, 4.69) is 17.0 Å². The van der Waals surface area contributed by atoms with Crippen molar-refractivity contribution >= 4 is 6.09 Å². The SMILES string of the molecule is CC.COC(=O)N[C@@H]1CCC[C@H]1C.[HH]. The number of rotatable bonds is 1. The Hall–Kier alpha value is -0.730. The zero-order valence-corrected chi connectivity index (χ0v) is 9.09. The van der Waals surface area contributed by atoms with E-state index in [-0.39, 0.29) is 7.52 Å². The van der Waals surface area contributed by atoms with Crippen LogP contribution in [0.5, 0.6) is 0 Å². The van der Waals surface area contributed by atoms with Crippen molar-refractivity contribution in [1.82, 2.24) is 5.32 Å². The predicted octanol–water partition coefficient (Wildman–Crippen LogP) is 2.80. The van der Waals surface area contributed by atoms with Gasteiger partial charge in [0, 0.05) is 7.47 Å². The van der Waals surface area contributed by atoms with Gasteiger partial charge in [0.15, 0.2) is 0 Å². The lowest BCUT2D eigenvalue weighted by Gasteiger charge is -2.15. The highest BCUT2D eigenvalue weighted by atomic mass is 16.5. The Labute approximate surface area is 82.3 Å². The Balaban J connectivity index is 0. The van der Waals surface area contributed by atoms with E-state index in [1.54, 1.807) is 0 Å². The minimum Gasteiger partial charge on any atom is -0.453 e. The molecule has 13 heavy (non-hydrogen) atoms. The molecule has 0 heterocycles. The molecule has 1 aliphatic carbocycles. The second kappa shape index (κ2) is 6.75. The molecule has 0 saturated heterocycles. The highest BCUT2D eigenvalue weighted by Gasteiger charge is 2.24. The van der Waals surface area contributed by atoms with Gasteiger partial charge in [0.1, 0.15) is 0 Å². The van der Waals surface area contributed by atoms with Crippen LogP contribution in [-0.2, 0) is 4.74 Å². The number of carbonyl (C=O) groups excluding carboxylic acids is 1. The van der Waals surface area contributed by atoms with E-state index in [4.69, 9.17) is 0 Å². The van der Waals surface area contributed by atoms with Crippen LogP contribution in [-0.4, -0.2) is 19.2 Å². The quantitative estimate of drug-likeness (QED) is 0.688. The Morgan fingerprint density at radius 3 is 2.46 bits per heavy atom. The van der Waals surface area contributed by atoms with Crippen LogP contribution in [0.4, 0.5) is 4.79 Å². The lowest BCUT2D eigenvalue weighted by molar-refractivity contribution is 0.164. The van der Waals surface area contributed by atoms with Crippen molar-refractivity contribution < 1.29 is 11.0 Å². The molecular weight excluding hydrogens is 166 g/mol. The minimum absolute atomic E-state index is 0. The van der Waals surface area contributed by atoms with Crippen LogP contribution in [0.3, 0.4) is 0 Å². The maximum absolute atomic E-state index is 10.8. The summed E-state index contributed by atoms with van der Waals surface area (Å²) in [5, 5.41) is 2.82. The third-order valence-electron chi connectivity index (χ3n) is 2.35. The second-order valence-electron chi connectivity index (χ2n) is 3.15. The molecule has 0 aromatic rings. The van der Waals surface area contributed by atoms with Crippen molar-refractivity contribution in [1.29, 1.82) is 0 Å². The first-order valence-electron chi connectivity index (χ1n) is 5.08. The van der Waals surface area contributed by atoms with Crippen LogP contribution >= 0.6 is 0 Å². The van der Waals surface area contributed by atoms with Gasteiger partial charge in [-0.2, -0.15) is 0 Å². The first-order valence-corrected chi connectivity index (χ1v) is 5.08. The number of alkyl carbamates (subject to hydrolysis) is 1. The zero-order chi connectivity index (χ0) is 10.3. The van der Waals surface area contributed by atoms with E-state index >= 15 is 0 Å². The normalized spacial score (nSPS) is 25.8. The van der Waals surface area contributed by atoms with Gasteiger partial charge in [0.05, 0.1) is 7.11 Å². The van der Waals surface area contributed by atoms with Crippen molar-refractivity contribution in [3.05, 3.63) is 0 Å². The van der Waals surface area contributed by atoms with Gasteiger partial charge in [-0.1, -0.05) is 27.2 Å². The van der Waals surface area contributed by atoms with Crippen molar-refractivity contribution in [2.75, 3.05) is 7.11 Å². The molecular formula is C10H23NO2. The Morgan fingerprint density at radius 2 is 2.08 bits per heavy atom. The maximum atomic E-state index is 10.8. The molecule has 0 bridgehead atoms. The number of ether oxygens (including phenoxy) is 1. The first kappa shape index (κ1) is 12.3. The van der Waals surface area contributed by atoms with E-state index in [1.165, 1.54) is 20.0 Å². The molecule has 0 aromatic carbocycles. The number of nitrogens with one attached hydrogen (secondary N) is 1. The maximum Gasteiger partial charge on any atom is 0.407 e. The summed E-state index contributed by atoms with van der Waals surface area (Å²) in [5.41, 5.74) is 0. The number of carbonyl (C=O) groups is 1. The molecule has 1 rings (SSSR count). The third kappa shape index (κ3) is 4.15. The van der Waals surface area contributed by atoms with Crippen molar-refractivity contribution in [3.8, 4) is 0 Å². The van der Waals surface area contributed by atoms with Gasteiger partial charge < -0.3 is 10.1 Å². The molecule has 1 N–H and O–H groups in total. The average molecular weight is 189 g/mol. The Bertz CT molecular complexity index is 153.